The molecule has 4 aliphatic heterocycles. The summed E-state index contributed by atoms with van der Waals surface area (Å²) >= 11 is 1.68. The van der Waals surface area contributed by atoms with Gasteiger partial charge < -0.3 is 20.4 Å². The summed E-state index contributed by atoms with van der Waals surface area (Å²) in [5.41, 5.74) is 0.854. The number of hydrogen-bond acceptors (Lipinski definition) is 5. The largest absolute Gasteiger partial charge is 0.336 e. The summed E-state index contributed by atoms with van der Waals surface area (Å²) in [7, 11) is 2.22. The molecule has 2 amide bonds. The van der Waals surface area contributed by atoms with E-state index in [4.69, 9.17) is 0 Å². The normalized spacial score (nSPS) is 30.3. The summed E-state index contributed by atoms with van der Waals surface area (Å²) < 4.78 is 0. The first kappa shape index (κ1) is 21.0. The Morgan fingerprint density at radius 2 is 2.03 bits per heavy atom. The molecule has 4 aliphatic rings. The fraction of sp³-hybridized carbons (Fsp3) is 0.682. The second-order valence-electron chi connectivity index (χ2n) is 8.86. The van der Waals surface area contributed by atoms with Crippen LogP contribution in [0.15, 0.2) is 29.2 Å². The Bertz CT molecular complexity index is 694. The summed E-state index contributed by atoms with van der Waals surface area (Å²) in [6.07, 6.45) is 4.59. The van der Waals surface area contributed by atoms with E-state index >= 15 is 0 Å². The number of rotatable bonds is 6. The van der Waals surface area contributed by atoms with Crippen molar-refractivity contribution in [3.05, 3.63) is 24.3 Å². The number of amides is 2. The van der Waals surface area contributed by atoms with E-state index in [0.717, 1.165) is 29.0 Å². The first-order chi connectivity index (χ1) is 14.1. The average Bonchev–Trinajstić information content (AvgIpc) is 2.75. The van der Waals surface area contributed by atoms with Gasteiger partial charge in [0.1, 0.15) is 0 Å². The second kappa shape index (κ2) is 9.69. The lowest BCUT2D eigenvalue weighted by Gasteiger charge is -2.51. The molecule has 4 fully saturated rings. The van der Waals surface area contributed by atoms with Crippen LogP contribution in [0.5, 0.6) is 0 Å². The van der Waals surface area contributed by atoms with Gasteiger partial charge in [0.05, 0.1) is 0 Å². The van der Waals surface area contributed by atoms with Crippen molar-refractivity contribution < 1.29 is 4.79 Å². The maximum atomic E-state index is 12.4. The van der Waals surface area contributed by atoms with E-state index in [1.165, 1.54) is 58.7 Å². The standard InChI is InChI=1S/C22H35N5OS/c1-25-8-10-26(11-9-25)15-18-16-27-7-6-17(18)12-20(27)14-23-22(28)24-19-4-3-5-21(13-19)29-2/h3-5,13,17-18,20H,6-12,14-16H2,1-2H3,(H2,23,24,28). The molecule has 2 bridgehead atoms. The van der Waals surface area contributed by atoms with Crippen molar-refractivity contribution in [3.63, 3.8) is 0 Å². The van der Waals surface area contributed by atoms with Crippen molar-refractivity contribution in [2.75, 3.05) is 71.0 Å². The lowest BCUT2D eigenvalue weighted by Crippen LogP contribution is -2.59. The lowest BCUT2D eigenvalue weighted by molar-refractivity contribution is -0.0155. The number of carbonyl (C=O) groups excluding carboxylic acids is 1. The number of fused-ring (bicyclic) bond motifs is 3. The Balaban J connectivity index is 1.22. The number of nitrogens with one attached hydrogen (secondary N) is 2. The Morgan fingerprint density at radius 1 is 1.21 bits per heavy atom. The number of urea groups is 1. The molecule has 1 aromatic carbocycles. The van der Waals surface area contributed by atoms with Crippen molar-refractivity contribution in [3.8, 4) is 0 Å². The molecule has 0 aliphatic carbocycles. The highest BCUT2D eigenvalue weighted by molar-refractivity contribution is 7.98. The zero-order chi connectivity index (χ0) is 20.2. The van der Waals surface area contributed by atoms with Crippen LogP contribution in [0.1, 0.15) is 12.8 Å². The van der Waals surface area contributed by atoms with Gasteiger partial charge in [-0.2, -0.15) is 0 Å². The minimum Gasteiger partial charge on any atom is -0.336 e. The van der Waals surface area contributed by atoms with Gasteiger partial charge in [0.25, 0.3) is 0 Å². The van der Waals surface area contributed by atoms with Gasteiger partial charge in [0.15, 0.2) is 0 Å². The quantitative estimate of drug-likeness (QED) is 0.697. The van der Waals surface area contributed by atoms with Gasteiger partial charge in [-0.15, -0.1) is 11.8 Å². The molecular weight excluding hydrogens is 382 g/mol. The summed E-state index contributed by atoms with van der Waals surface area (Å²) in [6.45, 7) is 9.19. The molecule has 5 rings (SSSR count). The maximum Gasteiger partial charge on any atom is 0.319 e. The number of benzene rings is 1. The smallest absolute Gasteiger partial charge is 0.319 e. The molecule has 1 aromatic rings. The van der Waals surface area contributed by atoms with Gasteiger partial charge in [0, 0.05) is 62.4 Å². The van der Waals surface area contributed by atoms with Crippen molar-refractivity contribution in [2.24, 2.45) is 11.8 Å². The molecule has 7 heteroatoms. The summed E-state index contributed by atoms with van der Waals surface area (Å²) in [5, 5.41) is 6.08. The van der Waals surface area contributed by atoms with Crippen LogP contribution < -0.4 is 10.6 Å². The van der Waals surface area contributed by atoms with E-state index in [9.17, 15) is 4.79 Å². The third-order valence-electron chi connectivity index (χ3n) is 6.93. The van der Waals surface area contributed by atoms with Crippen LogP contribution >= 0.6 is 11.8 Å². The van der Waals surface area contributed by atoms with Gasteiger partial charge in [-0.3, -0.25) is 4.90 Å². The van der Waals surface area contributed by atoms with Gasteiger partial charge >= 0.3 is 6.03 Å². The number of thioether (sulfide) groups is 1. The topological polar surface area (TPSA) is 50.9 Å². The van der Waals surface area contributed by atoms with Crippen LogP contribution in [0.3, 0.4) is 0 Å². The van der Waals surface area contributed by atoms with Crippen LogP contribution in [0, 0.1) is 11.8 Å². The first-order valence-electron chi connectivity index (χ1n) is 10.9. The number of piperazine rings is 1. The molecule has 4 saturated heterocycles. The molecule has 0 spiro atoms. The number of carbonyl (C=O) groups is 1. The molecule has 4 unspecified atom stereocenters. The molecule has 29 heavy (non-hydrogen) atoms. The molecule has 4 atom stereocenters. The van der Waals surface area contributed by atoms with Crippen molar-refractivity contribution >= 4 is 23.5 Å². The minimum absolute atomic E-state index is 0.0973. The van der Waals surface area contributed by atoms with E-state index in [1.54, 1.807) is 11.8 Å². The highest BCUT2D eigenvalue weighted by Gasteiger charge is 2.40. The number of nitrogens with zero attached hydrogens (tertiary/aromatic N) is 3. The van der Waals surface area contributed by atoms with Crippen molar-refractivity contribution in [1.29, 1.82) is 0 Å². The second-order valence-corrected chi connectivity index (χ2v) is 9.74. The molecule has 0 radical (unpaired) electrons. The Hall–Kier alpha value is -1.28. The van der Waals surface area contributed by atoms with Crippen LogP contribution in [0.25, 0.3) is 0 Å². The van der Waals surface area contributed by atoms with E-state index in [1.807, 2.05) is 24.5 Å². The summed E-state index contributed by atoms with van der Waals surface area (Å²) in [4.78, 5) is 21.2. The zero-order valence-corrected chi connectivity index (χ0v) is 18.6. The first-order valence-corrected chi connectivity index (χ1v) is 12.2. The Kier molecular flexibility index (Phi) is 7.00. The van der Waals surface area contributed by atoms with Crippen LogP contribution in [0.2, 0.25) is 0 Å². The van der Waals surface area contributed by atoms with Gasteiger partial charge in [-0.05, 0) is 62.7 Å². The SMILES string of the molecule is CSc1cccc(NC(=O)NCC2CC3CCN2CC3CN2CCN(C)CC2)c1. The summed E-state index contributed by atoms with van der Waals surface area (Å²) in [5.74, 6) is 1.61. The average molecular weight is 418 g/mol. The highest BCUT2D eigenvalue weighted by Crippen LogP contribution is 2.36. The fourth-order valence-corrected chi connectivity index (χ4v) is 5.58. The van der Waals surface area contributed by atoms with E-state index in [-0.39, 0.29) is 6.03 Å². The third kappa shape index (κ3) is 5.45. The maximum absolute atomic E-state index is 12.4. The Morgan fingerprint density at radius 3 is 2.76 bits per heavy atom. The third-order valence-corrected chi connectivity index (χ3v) is 7.65. The molecule has 6 nitrogen and oxygen atoms in total. The minimum atomic E-state index is -0.0973. The highest BCUT2D eigenvalue weighted by atomic mass is 32.2. The number of anilines is 1. The predicted octanol–water partition coefficient (Wildman–Crippen LogP) is 2.49. The molecule has 0 saturated carbocycles. The zero-order valence-electron chi connectivity index (χ0n) is 17.8. The van der Waals surface area contributed by atoms with Gasteiger partial charge in [-0.25, -0.2) is 4.79 Å². The van der Waals surface area contributed by atoms with Crippen LogP contribution in [0.4, 0.5) is 10.5 Å². The van der Waals surface area contributed by atoms with E-state index in [0.29, 0.717) is 6.04 Å². The molecule has 2 N–H and O–H groups in total. The van der Waals surface area contributed by atoms with Crippen LogP contribution in [-0.2, 0) is 0 Å². The predicted molar refractivity (Wildman–Crippen MR) is 121 cm³/mol. The van der Waals surface area contributed by atoms with Crippen LogP contribution in [-0.4, -0.2) is 92.4 Å². The van der Waals surface area contributed by atoms with Crippen molar-refractivity contribution in [1.82, 2.24) is 20.0 Å². The molecule has 0 aromatic heterocycles. The van der Waals surface area contributed by atoms with Gasteiger partial charge in [0.2, 0.25) is 0 Å². The van der Waals surface area contributed by atoms with Crippen molar-refractivity contribution in [2.45, 2.75) is 23.8 Å². The van der Waals surface area contributed by atoms with Gasteiger partial charge in [-0.1, -0.05) is 6.07 Å². The van der Waals surface area contributed by atoms with E-state index in [2.05, 4.69) is 38.4 Å². The number of hydrogen-bond donors (Lipinski definition) is 2. The number of likely N-dealkylation sites (N-methyl/N-ethyl adjacent to an activating group) is 1. The molecule has 4 heterocycles. The molecular formula is C22H35N5OS. The van der Waals surface area contributed by atoms with E-state index < -0.39 is 0 Å². The fourth-order valence-electron chi connectivity index (χ4n) is 5.12. The number of piperidine rings is 3. The lowest BCUT2D eigenvalue weighted by atomic mass is 9.75. The Labute approximate surface area is 179 Å². The monoisotopic (exact) mass is 417 g/mol. The molecule has 160 valence electrons. The summed E-state index contributed by atoms with van der Waals surface area (Å²) in [6, 6.07) is 8.38.